The van der Waals surface area contributed by atoms with E-state index in [-0.39, 0.29) is 19.7 Å². The van der Waals surface area contributed by atoms with Gasteiger partial charge in [-0.3, -0.25) is 4.79 Å². The van der Waals surface area contributed by atoms with E-state index in [1.807, 2.05) is 45.9 Å². The minimum atomic E-state index is -0.218. The largest absolute Gasteiger partial charge is 0.353 e. The molecule has 3 heteroatoms. The van der Waals surface area contributed by atoms with Gasteiger partial charge in [-0.2, -0.15) is 0 Å². The predicted octanol–water partition coefficient (Wildman–Crippen LogP) is 4.84. The van der Waals surface area contributed by atoms with Crippen LogP contribution >= 0.6 is 0 Å². The van der Waals surface area contributed by atoms with E-state index in [1.165, 1.54) is 24.8 Å². The number of benzene rings is 1. The zero-order chi connectivity index (χ0) is 16.4. The van der Waals surface area contributed by atoms with Crippen molar-refractivity contribution < 1.29 is 4.79 Å². The molecule has 2 aliphatic carbocycles. The van der Waals surface area contributed by atoms with Gasteiger partial charge in [-0.15, -0.1) is 0 Å². The van der Waals surface area contributed by atoms with Crippen molar-refractivity contribution in [1.82, 2.24) is 5.32 Å². The summed E-state index contributed by atoms with van der Waals surface area (Å²) in [6.45, 7) is 8.00. The van der Waals surface area contributed by atoms with Crippen LogP contribution in [0.5, 0.6) is 0 Å². The van der Waals surface area contributed by atoms with Crippen LogP contribution in [0.25, 0.3) is 0 Å². The Balaban J connectivity index is 0.000000901. The summed E-state index contributed by atoms with van der Waals surface area (Å²) >= 11 is 0. The third-order valence-electron chi connectivity index (χ3n) is 4.66. The molecule has 1 aromatic carbocycles. The monoisotopic (exact) mass is 314 g/mol. The highest BCUT2D eigenvalue weighted by atomic mass is 16.2. The zero-order valence-electron chi connectivity index (χ0n) is 15.4. The van der Waals surface area contributed by atoms with Crippen molar-refractivity contribution in [2.24, 2.45) is 0 Å². The minimum absolute atomic E-state index is 0. The molecule has 3 rings (SSSR count). The van der Waals surface area contributed by atoms with E-state index < -0.39 is 0 Å². The molecule has 0 aliphatic heterocycles. The van der Waals surface area contributed by atoms with Crippen molar-refractivity contribution in [3.63, 3.8) is 0 Å². The summed E-state index contributed by atoms with van der Waals surface area (Å²) in [5, 5.41) is 3.28. The number of amides is 1. The van der Waals surface area contributed by atoms with Gasteiger partial charge < -0.3 is 5.32 Å². The van der Waals surface area contributed by atoms with Crippen molar-refractivity contribution in [1.29, 1.82) is 0 Å². The van der Waals surface area contributed by atoms with Gasteiger partial charge in [0, 0.05) is 14.5 Å². The highest BCUT2D eigenvalue weighted by Gasteiger charge is 2.45. The van der Waals surface area contributed by atoms with Crippen LogP contribution < -0.4 is 5.32 Å². The fourth-order valence-corrected chi connectivity index (χ4v) is 3.33. The molecule has 0 saturated heterocycles. The van der Waals surface area contributed by atoms with Gasteiger partial charge >= 0.3 is 0 Å². The van der Waals surface area contributed by atoms with Gasteiger partial charge in [0.25, 0.3) is 0 Å². The second-order valence-electron chi connectivity index (χ2n) is 5.76. The lowest BCUT2D eigenvalue weighted by Crippen LogP contribution is -2.51. The summed E-state index contributed by atoms with van der Waals surface area (Å²) in [5.41, 5.74) is 0.982. The van der Waals surface area contributed by atoms with E-state index in [4.69, 9.17) is 0 Å². The van der Waals surface area contributed by atoms with Crippen LogP contribution in [0, 0.1) is 0 Å². The average Bonchev–Trinajstić information content (AvgIpc) is 3.04. The van der Waals surface area contributed by atoms with Gasteiger partial charge in [0.2, 0.25) is 5.91 Å². The molecule has 3 radical (unpaired) electrons. The summed E-state index contributed by atoms with van der Waals surface area (Å²) in [6, 6.07) is 10.7. The standard InChI is InChI=1S/C16H21NO.2C2H6.B/c18-15(17-14-9-4-5-10-14)16(11-6-12-16)13-7-2-1-3-8-13;2*1-2;/h1-3,7-8,14H,4-6,9-12H2,(H,17,18);2*1-2H3;. The molecule has 2 fully saturated rings. The molecule has 0 unspecified atom stereocenters. The SMILES string of the molecule is CC.CC.O=C(NC1CCCC1)C1(c2ccccc2)CCC1.[B]. The summed E-state index contributed by atoms with van der Waals surface area (Å²) in [4.78, 5) is 12.6. The van der Waals surface area contributed by atoms with E-state index >= 15 is 0 Å². The molecule has 1 amide bonds. The number of carbonyl (C=O) groups is 1. The van der Waals surface area contributed by atoms with Crippen molar-refractivity contribution >= 4 is 14.3 Å². The Hall–Kier alpha value is -1.25. The van der Waals surface area contributed by atoms with Crippen molar-refractivity contribution in [2.45, 2.75) is 84.1 Å². The predicted molar refractivity (Wildman–Crippen MR) is 101 cm³/mol. The van der Waals surface area contributed by atoms with Crippen LogP contribution in [0.2, 0.25) is 0 Å². The number of rotatable bonds is 3. The molecule has 127 valence electrons. The van der Waals surface area contributed by atoms with Gasteiger partial charge in [-0.05, 0) is 31.2 Å². The Bertz CT molecular complexity index is 423. The highest BCUT2D eigenvalue weighted by molar-refractivity contribution is 5.89. The Morgan fingerprint density at radius 2 is 1.48 bits per heavy atom. The normalized spacial score (nSPS) is 18.1. The maximum Gasteiger partial charge on any atom is 0.230 e. The average molecular weight is 314 g/mol. The number of carbonyl (C=O) groups excluding carboxylic acids is 1. The van der Waals surface area contributed by atoms with Crippen LogP contribution in [-0.2, 0) is 10.2 Å². The van der Waals surface area contributed by atoms with E-state index in [0.717, 1.165) is 25.7 Å². The first-order valence-electron chi connectivity index (χ1n) is 9.18. The zero-order valence-corrected chi connectivity index (χ0v) is 15.4. The maximum atomic E-state index is 12.6. The molecule has 1 aromatic rings. The van der Waals surface area contributed by atoms with E-state index in [9.17, 15) is 4.79 Å². The lowest BCUT2D eigenvalue weighted by molar-refractivity contribution is -0.130. The van der Waals surface area contributed by atoms with Crippen molar-refractivity contribution in [3.05, 3.63) is 35.9 Å². The molecule has 2 saturated carbocycles. The first kappa shape index (κ1) is 21.8. The molecule has 0 heterocycles. The Morgan fingerprint density at radius 1 is 0.957 bits per heavy atom. The number of hydrogen-bond donors (Lipinski definition) is 1. The second kappa shape index (κ2) is 11.3. The summed E-state index contributed by atoms with van der Waals surface area (Å²) in [6.07, 6.45) is 8.05. The third kappa shape index (κ3) is 5.12. The molecule has 1 N–H and O–H groups in total. The van der Waals surface area contributed by atoms with Crippen molar-refractivity contribution in [3.8, 4) is 0 Å². The van der Waals surface area contributed by atoms with E-state index in [2.05, 4.69) is 17.4 Å². The molecular formula is C20H33BNO. The molecule has 23 heavy (non-hydrogen) atoms. The molecule has 0 bridgehead atoms. The van der Waals surface area contributed by atoms with Crippen LogP contribution in [-0.4, -0.2) is 20.4 Å². The molecule has 2 aliphatic rings. The van der Waals surface area contributed by atoms with Gasteiger partial charge in [0.1, 0.15) is 0 Å². The highest BCUT2D eigenvalue weighted by Crippen LogP contribution is 2.44. The topological polar surface area (TPSA) is 29.1 Å². The molecule has 0 atom stereocenters. The van der Waals surface area contributed by atoms with Crippen LogP contribution in [0.1, 0.15) is 78.2 Å². The molecule has 0 aromatic heterocycles. The summed E-state index contributed by atoms with van der Waals surface area (Å²) < 4.78 is 0. The van der Waals surface area contributed by atoms with Crippen molar-refractivity contribution in [2.75, 3.05) is 0 Å². The Morgan fingerprint density at radius 3 is 1.91 bits per heavy atom. The van der Waals surface area contributed by atoms with Gasteiger partial charge in [0.05, 0.1) is 5.41 Å². The summed E-state index contributed by atoms with van der Waals surface area (Å²) in [5.74, 6) is 0.270. The smallest absolute Gasteiger partial charge is 0.230 e. The third-order valence-corrected chi connectivity index (χ3v) is 4.66. The minimum Gasteiger partial charge on any atom is -0.353 e. The fourth-order valence-electron chi connectivity index (χ4n) is 3.33. The van der Waals surface area contributed by atoms with Gasteiger partial charge in [0.15, 0.2) is 0 Å². The number of hydrogen-bond acceptors (Lipinski definition) is 1. The first-order valence-corrected chi connectivity index (χ1v) is 9.18. The van der Waals surface area contributed by atoms with E-state index in [1.54, 1.807) is 0 Å². The second-order valence-corrected chi connectivity index (χ2v) is 5.76. The van der Waals surface area contributed by atoms with Gasteiger partial charge in [-0.1, -0.05) is 77.3 Å². The molecule has 2 nitrogen and oxygen atoms in total. The van der Waals surface area contributed by atoms with Gasteiger partial charge in [-0.25, -0.2) is 0 Å². The Labute approximate surface area is 145 Å². The molecular weight excluding hydrogens is 281 g/mol. The fraction of sp³-hybridized carbons (Fsp3) is 0.650. The lowest BCUT2D eigenvalue weighted by atomic mass is 9.63. The lowest BCUT2D eigenvalue weighted by Gasteiger charge is -2.41. The summed E-state index contributed by atoms with van der Waals surface area (Å²) in [7, 11) is 0. The van der Waals surface area contributed by atoms with Crippen LogP contribution in [0.3, 0.4) is 0 Å². The first-order chi connectivity index (χ1) is 10.8. The van der Waals surface area contributed by atoms with E-state index in [0.29, 0.717) is 6.04 Å². The molecule has 0 spiro atoms. The van der Waals surface area contributed by atoms with Crippen LogP contribution in [0.15, 0.2) is 30.3 Å². The Kier molecular flexibility index (Phi) is 10.7. The van der Waals surface area contributed by atoms with Crippen LogP contribution in [0.4, 0.5) is 0 Å². The maximum absolute atomic E-state index is 12.6. The quantitative estimate of drug-likeness (QED) is 0.795. The number of nitrogens with one attached hydrogen (secondary N) is 1.